The summed E-state index contributed by atoms with van der Waals surface area (Å²) in [6.07, 6.45) is 6.05. The zero-order valence-electron chi connectivity index (χ0n) is 26.5. The zero-order valence-corrected chi connectivity index (χ0v) is 26.5. The van der Waals surface area contributed by atoms with Crippen LogP contribution in [-0.2, 0) is 30.8 Å². The Bertz CT molecular complexity index is 2070. The molecule has 7 rings (SSSR count). The summed E-state index contributed by atoms with van der Waals surface area (Å²) in [6.45, 7) is 1.40. The maximum atomic E-state index is 14.3. The number of hydrogen-bond acceptors (Lipinski definition) is 7. The fourth-order valence-electron chi connectivity index (χ4n) is 6.79. The normalized spacial score (nSPS) is 13.8. The summed E-state index contributed by atoms with van der Waals surface area (Å²) >= 11 is 0. The predicted octanol–water partition coefficient (Wildman–Crippen LogP) is 5.19. The molecule has 0 unspecified atom stereocenters. The number of benzene rings is 3. The minimum Gasteiger partial charge on any atom is -0.383 e. The van der Waals surface area contributed by atoms with Crippen LogP contribution in [0.5, 0.6) is 0 Å². The third-order valence-corrected chi connectivity index (χ3v) is 9.23. The fraction of sp³-hybridized carbons (Fsp3) is 0.333. The Morgan fingerprint density at radius 2 is 1.55 bits per heavy atom. The van der Waals surface area contributed by atoms with Gasteiger partial charge >= 0.3 is 5.69 Å². The fourth-order valence-corrected chi connectivity index (χ4v) is 6.79. The van der Waals surface area contributed by atoms with Crippen LogP contribution in [0.2, 0.25) is 0 Å². The number of imidazole rings is 1. The van der Waals surface area contributed by atoms with E-state index in [9.17, 15) is 9.59 Å². The van der Waals surface area contributed by atoms with Crippen molar-refractivity contribution in [1.29, 1.82) is 0 Å². The van der Waals surface area contributed by atoms with Crippen molar-refractivity contribution in [2.75, 3.05) is 13.7 Å². The van der Waals surface area contributed by atoms with Crippen molar-refractivity contribution in [3.8, 4) is 22.5 Å². The molecule has 6 aromatic rings. The van der Waals surface area contributed by atoms with Crippen LogP contribution in [0, 0.1) is 0 Å². The van der Waals surface area contributed by atoms with E-state index in [0.717, 1.165) is 59.3 Å². The van der Waals surface area contributed by atoms with Gasteiger partial charge in [0.15, 0.2) is 17.0 Å². The molecule has 3 aromatic heterocycles. The minimum absolute atomic E-state index is 0.223. The number of nitrogens with one attached hydrogen (secondary N) is 1. The molecule has 0 atom stereocenters. The molecule has 1 N–H and O–H groups in total. The lowest BCUT2D eigenvalue weighted by molar-refractivity contribution is 0.186. The number of aromatic nitrogens is 8. The van der Waals surface area contributed by atoms with Crippen molar-refractivity contribution in [3.63, 3.8) is 0 Å². The highest BCUT2D eigenvalue weighted by molar-refractivity contribution is 5.80. The number of aryl methyl sites for hydroxylation is 1. The van der Waals surface area contributed by atoms with Gasteiger partial charge in [0, 0.05) is 31.7 Å². The van der Waals surface area contributed by atoms with Gasteiger partial charge in [-0.25, -0.2) is 14.9 Å². The molecule has 0 bridgehead atoms. The maximum absolute atomic E-state index is 14.3. The van der Waals surface area contributed by atoms with E-state index in [1.54, 1.807) is 11.7 Å². The number of ether oxygens (including phenoxy) is 1. The van der Waals surface area contributed by atoms with Crippen molar-refractivity contribution in [2.24, 2.45) is 0 Å². The molecule has 1 fully saturated rings. The number of H-pyrrole nitrogens is 1. The topological polar surface area (TPSA) is 126 Å². The first-order valence-corrected chi connectivity index (χ1v) is 16.3. The third-order valence-electron chi connectivity index (χ3n) is 9.23. The Labute approximate surface area is 271 Å². The van der Waals surface area contributed by atoms with Crippen molar-refractivity contribution in [3.05, 3.63) is 117 Å². The quantitative estimate of drug-likeness (QED) is 0.209. The molecule has 1 aliphatic rings. The van der Waals surface area contributed by atoms with Crippen LogP contribution in [0.3, 0.4) is 0 Å². The van der Waals surface area contributed by atoms with E-state index < -0.39 is 0 Å². The van der Waals surface area contributed by atoms with Crippen LogP contribution in [0.4, 0.5) is 0 Å². The molecule has 1 saturated carbocycles. The van der Waals surface area contributed by atoms with Crippen LogP contribution in [0.1, 0.15) is 55.0 Å². The summed E-state index contributed by atoms with van der Waals surface area (Å²) in [4.78, 5) is 33.3. The van der Waals surface area contributed by atoms with Gasteiger partial charge in [0.2, 0.25) is 0 Å². The Kier molecular flexibility index (Phi) is 8.87. The number of rotatable bonds is 11. The van der Waals surface area contributed by atoms with Crippen LogP contribution in [-0.4, -0.2) is 53.0 Å². The van der Waals surface area contributed by atoms with E-state index in [4.69, 9.17) is 9.72 Å². The van der Waals surface area contributed by atoms with Crippen LogP contribution in [0.15, 0.2) is 88.5 Å². The van der Waals surface area contributed by atoms with Crippen molar-refractivity contribution in [2.45, 2.75) is 64.1 Å². The summed E-state index contributed by atoms with van der Waals surface area (Å²) < 4.78 is 10.5. The number of methoxy groups -OCH3 is 1. The van der Waals surface area contributed by atoms with Gasteiger partial charge in [-0.15, -0.1) is 5.10 Å². The molecular formula is C36H38N8O3. The molecule has 0 aliphatic heterocycles. The molecule has 47 heavy (non-hydrogen) atoms. The van der Waals surface area contributed by atoms with Crippen LogP contribution >= 0.6 is 0 Å². The van der Waals surface area contributed by atoms with Gasteiger partial charge in [0.25, 0.3) is 5.56 Å². The Morgan fingerprint density at radius 1 is 0.809 bits per heavy atom. The highest BCUT2D eigenvalue weighted by Crippen LogP contribution is 2.34. The molecular weight excluding hydrogens is 592 g/mol. The summed E-state index contributed by atoms with van der Waals surface area (Å²) in [5.74, 6) is 1.71. The predicted molar refractivity (Wildman–Crippen MR) is 180 cm³/mol. The molecule has 0 radical (unpaired) electrons. The Morgan fingerprint density at radius 3 is 2.28 bits per heavy atom. The monoisotopic (exact) mass is 630 g/mol. The number of tetrazole rings is 1. The second-order valence-electron chi connectivity index (χ2n) is 12.2. The largest absolute Gasteiger partial charge is 0.383 e. The summed E-state index contributed by atoms with van der Waals surface area (Å²) in [5, 5.41) is 14.5. The Hall–Kier alpha value is -5.16. The lowest BCUT2D eigenvalue weighted by Gasteiger charge is -2.22. The van der Waals surface area contributed by atoms with E-state index in [0.29, 0.717) is 43.1 Å². The van der Waals surface area contributed by atoms with Gasteiger partial charge in [0.05, 0.1) is 13.2 Å². The molecule has 11 nitrogen and oxygen atoms in total. The van der Waals surface area contributed by atoms with E-state index >= 15 is 0 Å². The van der Waals surface area contributed by atoms with Gasteiger partial charge in [-0.1, -0.05) is 98.1 Å². The first-order valence-electron chi connectivity index (χ1n) is 16.3. The average molecular weight is 631 g/mol. The van der Waals surface area contributed by atoms with Crippen molar-refractivity contribution < 1.29 is 4.74 Å². The molecule has 240 valence electrons. The van der Waals surface area contributed by atoms with E-state index in [1.165, 1.54) is 11.0 Å². The Balaban J connectivity index is 1.32. The highest BCUT2D eigenvalue weighted by atomic mass is 16.5. The average Bonchev–Trinajstić information content (AvgIpc) is 3.79. The first-order chi connectivity index (χ1) is 23.1. The molecule has 3 aromatic carbocycles. The second-order valence-corrected chi connectivity index (χ2v) is 12.2. The lowest BCUT2D eigenvalue weighted by atomic mass is 9.88. The molecule has 11 heteroatoms. The van der Waals surface area contributed by atoms with Crippen molar-refractivity contribution >= 4 is 11.2 Å². The maximum Gasteiger partial charge on any atom is 0.332 e. The number of hydrogen-bond donors (Lipinski definition) is 1. The molecule has 1 aliphatic carbocycles. The van der Waals surface area contributed by atoms with Crippen molar-refractivity contribution in [1.82, 2.24) is 39.3 Å². The van der Waals surface area contributed by atoms with Crippen LogP contribution < -0.4 is 11.2 Å². The summed E-state index contributed by atoms with van der Waals surface area (Å²) in [7, 11) is 1.62. The smallest absolute Gasteiger partial charge is 0.332 e. The molecule has 0 amide bonds. The van der Waals surface area contributed by atoms with Gasteiger partial charge in [-0.05, 0) is 51.9 Å². The number of aromatic amines is 1. The SMILES string of the molecule is COCCn1c(=O)n(CCc2ccccc2)c(=O)c2c1nc(C1CCCCC1)n2Cc1ccc(-c2ccccc2-c2nnn[nH]2)cc1. The number of fused-ring (bicyclic) bond motifs is 1. The van der Waals surface area contributed by atoms with E-state index in [-0.39, 0.29) is 23.7 Å². The number of nitrogens with zero attached hydrogens (tertiary/aromatic N) is 7. The molecule has 0 spiro atoms. The molecule has 0 saturated heterocycles. The second kappa shape index (κ2) is 13.7. The zero-order chi connectivity index (χ0) is 32.2. The van der Waals surface area contributed by atoms with Gasteiger partial charge in [0.1, 0.15) is 5.82 Å². The minimum atomic E-state index is -0.347. The standard InChI is InChI=1S/C36H38N8O3/c1-47-23-22-42-34-31(35(45)43(36(42)46)21-20-25-10-4-2-5-11-25)44(33(37-34)28-12-6-3-7-13-28)24-26-16-18-27(19-17-26)29-14-8-9-15-30(29)32-38-40-41-39-32/h2,4-5,8-11,14-19,28H,3,6-7,12-13,20-24H2,1H3,(H,38,39,40,41). The summed E-state index contributed by atoms with van der Waals surface area (Å²) in [5.41, 5.74) is 5.33. The lowest BCUT2D eigenvalue weighted by Crippen LogP contribution is -2.41. The summed E-state index contributed by atoms with van der Waals surface area (Å²) in [6, 6.07) is 26.3. The third kappa shape index (κ3) is 6.18. The highest BCUT2D eigenvalue weighted by Gasteiger charge is 2.27. The van der Waals surface area contributed by atoms with Gasteiger partial charge in [-0.3, -0.25) is 13.9 Å². The first kappa shape index (κ1) is 30.5. The van der Waals surface area contributed by atoms with Gasteiger partial charge in [-0.2, -0.15) is 0 Å². The van der Waals surface area contributed by atoms with E-state index in [1.807, 2.05) is 48.5 Å². The van der Waals surface area contributed by atoms with Gasteiger partial charge < -0.3 is 9.30 Å². The van der Waals surface area contributed by atoms with E-state index in [2.05, 4.69) is 55.5 Å². The molecule has 3 heterocycles. The van der Waals surface area contributed by atoms with Crippen LogP contribution in [0.25, 0.3) is 33.7 Å².